The highest BCUT2D eigenvalue weighted by atomic mass is 35.5. The first-order valence-electron chi connectivity index (χ1n) is 6.14. The molecule has 2 aromatic carbocycles. The molecule has 0 aromatic heterocycles. The van der Waals surface area contributed by atoms with Crippen LogP contribution in [0, 0.1) is 30.3 Å². The molecule has 0 aliphatic heterocycles. The lowest BCUT2D eigenvalue weighted by Gasteiger charge is -2.11. The lowest BCUT2D eigenvalue weighted by molar-refractivity contribution is -0.401. The third kappa shape index (κ3) is 3.87. The van der Waals surface area contributed by atoms with Gasteiger partial charge in [-0.1, -0.05) is 34.8 Å². The van der Waals surface area contributed by atoms with Crippen molar-refractivity contribution in [2.24, 2.45) is 0 Å². The summed E-state index contributed by atoms with van der Waals surface area (Å²) in [6.45, 7) is 0. The number of benzene rings is 2. The second kappa shape index (κ2) is 7.05. The molecule has 0 aliphatic rings. The topological polar surface area (TPSA) is 141 Å². The Hall–Kier alpha value is -2.69. The Labute approximate surface area is 153 Å². The van der Waals surface area contributed by atoms with E-state index >= 15 is 0 Å². The van der Waals surface area contributed by atoms with Gasteiger partial charge in [-0.3, -0.25) is 30.3 Å². The summed E-state index contributed by atoms with van der Waals surface area (Å²) in [5.74, 6) is 0. The number of nitrogens with zero attached hydrogens (tertiary/aromatic N) is 3. The highest BCUT2D eigenvalue weighted by Gasteiger charge is 2.31. The molecule has 0 bridgehead atoms. The van der Waals surface area contributed by atoms with E-state index in [1.54, 1.807) is 0 Å². The predicted molar refractivity (Wildman–Crippen MR) is 91.2 cm³/mol. The molecule has 0 saturated carbocycles. The van der Waals surface area contributed by atoms with Gasteiger partial charge in [-0.2, -0.15) is 0 Å². The summed E-state index contributed by atoms with van der Waals surface area (Å²) in [5.41, 5.74) is -3.26. The smallest absolute Gasteiger partial charge is 0.306 e. The first-order valence-corrected chi connectivity index (χ1v) is 7.28. The van der Waals surface area contributed by atoms with Crippen LogP contribution < -0.4 is 5.32 Å². The maximum Gasteiger partial charge on any atom is 0.306 e. The monoisotopic (exact) mass is 406 g/mol. The Kier molecular flexibility index (Phi) is 5.26. The van der Waals surface area contributed by atoms with Crippen LogP contribution in [0.15, 0.2) is 24.3 Å². The number of nitro benzene ring substituents is 3. The van der Waals surface area contributed by atoms with Gasteiger partial charge in [0.1, 0.15) is 0 Å². The van der Waals surface area contributed by atoms with E-state index in [2.05, 4.69) is 5.32 Å². The van der Waals surface area contributed by atoms with Crippen LogP contribution in [0.2, 0.25) is 15.1 Å². The molecule has 0 heterocycles. The summed E-state index contributed by atoms with van der Waals surface area (Å²) in [5, 5.41) is 35.8. The molecule has 13 heteroatoms. The molecule has 25 heavy (non-hydrogen) atoms. The predicted octanol–water partition coefficient (Wildman–Crippen LogP) is 5.12. The number of hydrogen-bond donors (Lipinski definition) is 1. The first kappa shape index (κ1) is 18.6. The molecule has 2 aromatic rings. The van der Waals surface area contributed by atoms with Crippen molar-refractivity contribution in [2.75, 3.05) is 5.32 Å². The van der Waals surface area contributed by atoms with Crippen LogP contribution in [0.4, 0.5) is 28.4 Å². The Bertz CT molecular complexity index is 862. The molecule has 0 spiro atoms. The van der Waals surface area contributed by atoms with Crippen LogP contribution in [0.3, 0.4) is 0 Å². The van der Waals surface area contributed by atoms with Crippen LogP contribution in [0.1, 0.15) is 0 Å². The molecule has 130 valence electrons. The SMILES string of the molecule is O=[N+]([O-])c1cc([N+](=O)[O-])c(Nc2c(Cl)cc(Cl)cc2Cl)c([N+](=O)[O-])c1. The lowest BCUT2D eigenvalue weighted by Crippen LogP contribution is -2.04. The second-order valence-electron chi connectivity index (χ2n) is 4.50. The van der Waals surface area contributed by atoms with Crippen LogP contribution in [0.5, 0.6) is 0 Å². The number of nitro groups is 3. The molecular formula is C12H5Cl3N4O6. The number of hydrogen-bond acceptors (Lipinski definition) is 7. The minimum atomic E-state index is -1.000. The van der Waals surface area contributed by atoms with Gasteiger partial charge in [-0.15, -0.1) is 0 Å². The first-order chi connectivity index (χ1) is 11.6. The third-order valence-corrected chi connectivity index (χ3v) is 3.76. The fourth-order valence-electron chi connectivity index (χ4n) is 1.91. The molecule has 0 unspecified atom stereocenters. The van der Waals surface area contributed by atoms with Crippen molar-refractivity contribution < 1.29 is 14.8 Å². The standard InChI is InChI=1S/C12H5Cl3N4O6/c13-5-1-7(14)11(8(15)2-5)16-12-9(18(22)23)3-6(17(20)21)4-10(12)19(24)25/h1-4,16H. The van der Waals surface area contributed by atoms with E-state index in [0.29, 0.717) is 12.1 Å². The summed E-state index contributed by atoms with van der Waals surface area (Å²) in [6.07, 6.45) is 0. The van der Waals surface area contributed by atoms with E-state index in [0.717, 1.165) is 0 Å². The number of non-ortho nitro benzene ring substituents is 1. The van der Waals surface area contributed by atoms with Gasteiger partial charge in [-0.25, -0.2) is 0 Å². The zero-order valence-electron chi connectivity index (χ0n) is 11.7. The average Bonchev–Trinajstić information content (AvgIpc) is 2.49. The molecule has 0 amide bonds. The fourth-order valence-corrected chi connectivity index (χ4v) is 2.82. The fraction of sp³-hybridized carbons (Fsp3) is 0. The highest BCUT2D eigenvalue weighted by Crippen LogP contribution is 2.43. The van der Waals surface area contributed by atoms with E-state index in [1.807, 2.05) is 0 Å². The molecule has 0 aliphatic carbocycles. The van der Waals surface area contributed by atoms with E-state index in [1.165, 1.54) is 12.1 Å². The largest absolute Gasteiger partial charge is 0.342 e. The molecule has 0 saturated heterocycles. The van der Waals surface area contributed by atoms with Gasteiger partial charge < -0.3 is 5.32 Å². The summed E-state index contributed by atoms with van der Waals surface area (Å²) >= 11 is 17.7. The molecule has 10 nitrogen and oxygen atoms in total. The highest BCUT2D eigenvalue weighted by molar-refractivity contribution is 6.42. The van der Waals surface area contributed by atoms with Crippen molar-refractivity contribution in [3.63, 3.8) is 0 Å². The Balaban J connectivity index is 2.74. The molecule has 0 fully saturated rings. The average molecular weight is 408 g/mol. The lowest BCUT2D eigenvalue weighted by atomic mass is 10.2. The normalized spacial score (nSPS) is 10.4. The van der Waals surface area contributed by atoms with E-state index in [4.69, 9.17) is 34.8 Å². The molecule has 2 rings (SSSR count). The van der Waals surface area contributed by atoms with Crippen molar-refractivity contribution >= 4 is 63.2 Å². The maximum absolute atomic E-state index is 11.2. The molecular weight excluding hydrogens is 403 g/mol. The quantitative estimate of drug-likeness (QED) is 0.535. The number of halogens is 3. The van der Waals surface area contributed by atoms with Gasteiger partial charge in [0.25, 0.3) is 5.69 Å². The van der Waals surface area contributed by atoms with Crippen molar-refractivity contribution in [1.82, 2.24) is 0 Å². The van der Waals surface area contributed by atoms with Crippen LogP contribution in [0.25, 0.3) is 0 Å². The van der Waals surface area contributed by atoms with Crippen LogP contribution >= 0.6 is 34.8 Å². The van der Waals surface area contributed by atoms with Crippen molar-refractivity contribution in [2.45, 2.75) is 0 Å². The van der Waals surface area contributed by atoms with Gasteiger partial charge in [0, 0.05) is 5.02 Å². The van der Waals surface area contributed by atoms with Gasteiger partial charge in [-0.05, 0) is 12.1 Å². The third-order valence-electron chi connectivity index (χ3n) is 2.94. The number of nitrogens with one attached hydrogen (secondary N) is 1. The zero-order valence-corrected chi connectivity index (χ0v) is 14.0. The van der Waals surface area contributed by atoms with Crippen molar-refractivity contribution in [3.05, 3.63) is 69.7 Å². The Morgan fingerprint density at radius 2 is 1.16 bits per heavy atom. The van der Waals surface area contributed by atoms with Gasteiger partial charge in [0.05, 0.1) is 42.6 Å². The maximum atomic E-state index is 11.2. The summed E-state index contributed by atoms with van der Waals surface area (Å²) < 4.78 is 0. The van der Waals surface area contributed by atoms with E-state index < -0.39 is 37.5 Å². The van der Waals surface area contributed by atoms with Crippen LogP contribution in [-0.4, -0.2) is 14.8 Å². The van der Waals surface area contributed by atoms with E-state index in [9.17, 15) is 30.3 Å². The number of rotatable bonds is 5. The molecule has 0 atom stereocenters. The minimum Gasteiger partial charge on any atom is -0.342 e. The minimum absolute atomic E-state index is 0.0561. The summed E-state index contributed by atoms with van der Waals surface area (Å²) in [4.78, 5) is 30.3. The van der Waals surface area contributed by atoms with Crippen molar-refractivity contribution in [3.8, 4) is 0 Å². The number of anilines is 2. The van der Waals surface area contributed by atoms with Gasteiger partial charge >= 0.3 is 11.4 Å². The Morgan fingerprint density at radius 3 is 1.52 bits per heavy atom. The molecule has 1 N–H and O–H groups in total. The summed E-state index contributed by atoms with van der Waals surface area (Å²) in [7, 11) is 0. The molecule has 0 radical (unpaired) electrons. The van der Waals surface area contributed by atoms with Crippen LogP contribution in [-0.2, 0) is 0 Å². The zero-order chi connectivity index (χ0) is 18.9. The Morgan fingerprint density at radius 1 is 0.720 bits per heavy atom. The summed E-state index contributed by atoms with van der Waals surface area (Å²) in [6, 6.07) is 3.71. The second-order valence-corrected chi connectivity index (χ2v) is 5.75. The van der Waals surface area contributed by atoms with E-state index in [-0.39, 0.29) is 20.8 Å². The van der Waals surface area contributed by atoms with Gasteiger partial charge in [0.2, 0.25) is 0 Å². The van der Waals surface area contributed by atoms with Gasteiger partial charge in [0.15, 0.2) is 5.69 Å². The van der Waals surface area contributed by atoms with Crippen molar-refractivity contribution in [1.29, 1.82) is 0 Å².